The molecule has 3 heterocycles. The van der Waals surface area contributed by atoms with Crippen molar-refractivity contribution in [3.8, 4) is 0 Å². The molecule has 0 aromatic heterocycles. The molecule has 36 heavy (non-hydrogen) atoms. The van der Waals surface area contributed by atoms with Gasteiger partial charge in [-0.3, -0.25) is 4.79 Å². The Labute approximate surface area is 205 Å². The number of nitrogens with one attached hydrogen (secondary N) is 1. The molecule has 0 radical (unpaired) electrons. The Bertz CT molecular complexity index is 729. The van der Waals surface area contributed by atoms with Gasteiger partial charge in [0, 0.05) is 6.92 Å². The number of ether oxygens (including phenoxy) is 5. The van der Waals surface area contributed by atoms with Crippen LogP contribution in [0.3, 0.4) is 0 Å². The van der Waals surface area contributed by atoms with E-state index >= 15 is 0 Å². The molecule has 3 rings (SSSR count). The van der Waals surface area contributed by atoms with Gasteiger partial charge in [-0.25, -0.2) is 0 Å². The molecule has 1 unspecified atom stereocenters. The lowest BCUT2D eigenvalue weighted by atomic mass is 9.95. The molecule has 16 heteroatoms. The maximum absolute atomic E-state index is 11.6. The van der Waals surface area contributed by atoms with Gasteiger partial charge in [-0.2, -0.15) is 0 Å². The highest BCUT2D eigenvalue weighted by molar-refractivity contribution is 5.73. The standard InChI is InChI=1S/C20H35NO15/c1-5-10(24)13(27)15(29)19(33-5)32-4-8-17(12(26)9(18(31)34-8)21-6(2)23)36-20-16(30)14(28)11(25)7(3-22)35-20/h5,7-20,22,24-31H,3-4H2,1-2H3,(H,21,23)/t5-,7+,8+,9+,10+,11-,12+,13+,14-,15-,16+,17+,18?,19+,20-/m0/s1. The third-order valence-electron chi connectivity index (χ3n) is 6.44. The number of hydrogen-bond donors (Lipinski definition) is 10. The molecular weight excluding hydrogens is 494 g/mol. The van der Waals surface area contributed by atoms with Gasteiger partial charge in [-0.1, -0.05) is 0 Å². The quantitative estimate of drug-likeness (QED) is 0.147. The van der Waals surface area contributed by atoms with E-state index < -0.39 is 111 Å². The zero-order valence-electron chi connectivity index (χ0n) is 19.5. The lowest BCUT2D eigenvalue weighted by molar-refractivity contribution is -0.353. The number of hydrogen-bond acceptors (Lipinski definition) is 15. The molecule has 0 bridgehead atoms. The summed E-state index contributed by atoms with van der Waals surface area (Å²) in [5, 5.41) is 93.2. The van der Waals surface area contributed by atoms with Crippen LogP contribution in [0.15, 0.2) is 0 Å². The van der Waals surface area contributed by atoms with Crippen molar-refractivity contribution in [2.75, 3.05) is 13.2 Å². The average Bonchev–Trinajstić information content (AvgIpc) is 2.83. The largest absolute Gasteiger partial charge is 0.394 e. The Balaban J connectivity index is 1.78. The lowest BCUT2D eigenvalue weighted by Gasteiger charge is -2.47. The van der Waals surface area contributed by atoms with Crippen molar-refractivity contribution in [3.63, 3.8) is 0 Å². The van der Waals surface area contributed by atoms with Crippen LogP contribution in [0.4, 0.5) is 0 Å². The summed E-state index contributed by atoms with van der Waals surface area (Å²) in [7, 11) is 0. The number of amides is 1. The molecule has 3 saturated heterocycles. The SMILES string of the molecule is CC(=O)N[C@H]1C(O)O[C@H](CO[C@@H]2O[C@@H](C)[C@@H](O)[C@@H](O)[C@@H]2O)[C@@H](O[C@@H]2O[C@H](CO)[C@H](O)[C@H](O)[C@H]2O)[C@@H]1O. The molecular formula is C20H35NO15. The summed E-state index contributed by atoms with van der Waals surface area (Å²) in [6.07, 6.45) is -21.6. The number of carbonyl (C=O) groups excluding carboxylic acids is 1. The highest BCUT2D eigenvalue weighted by Gasteiger charge is 2.51. The molecule has 0 aromatic rings. The van der Waals surface area contributed by atoms with Crippen molar-refractivity contribution < 1.29 is 74.4 Å². The molecule has 210 valence electrons. The molecule has 3 aliphatic rings. The Morgan fingerprint density at radius 1 is 0.778 bits per heavy atom. The third-order valence-corrected chi connectivity index (χ3v) is 6.44. The van der Waals surface area contributed by atoms with Crippen LogP contribution in [0.2, 0.25) is 0 Å². The van der Waals surface area contributed by atoms with Gasteiger partial charge in [-0.05, 0) is 6.92 Å². The number of aliphatic hydroxyl groups excluding tert-OH is 9. The summed E-state index contributed by atoms with van der Waals surface area (Å²) >= 11 is 0. The maximum atomic E-state index is 11.6. The zero-order chi connectivity index (χ0) is 26.9. The van der Waals surface area contributed by atoms with Crippen LogP contribution in [0, 0.1) is 0 Å². The second kappa shape index (κ2) is 12.2. The normalized spacial score (nSPS) is 50.0. The molecule has 10 N–H and O–H groups in total. The Hall–Kier alpha value is -1.09. The predicted molar refractivity (Wildman–Crippen MR) is 111 cm³/mol. The summed E-state index contributed by atoms with van der Waals surface area (Å²) in [6, 6.07) is -1.40. The molecule has 16 nitrogen and oxygen atoms in total. The van der Waals surface area contributed by atoms with E-state index in [2.05, 4.69) is 5.32 Å². The second-order valence-electron chi connectivity index (χ2n) is 9.09. The molecule has 3 fully saturated rings. The number of rotatable bonds is 7. The summed E-state index contributed by atoms with van der Waals surface area (Å²) in [5.41, 5.74) is 0. The monoisotopic (exact) mass is 529 g/mol. The van der Waals surface area contributed by atoms with Gasteiger partial charge >= 0.3 is 0 Å². The van der Waals surface area contributed by atoms with Crippen molar-refractivity contribution in [3.05, 3.63) is 0 Å². The highest BCUT2D eigenvalue weighted by Crippen LogP contribution is 2.30. The van der Waals surface area contributed by atoms with Gasteiger partial charge in [0.1, 0.15) is 67.1 Å². The van der Waals surface area contributed by atoms with Crippen LogP contribution < -0.4 is 5.32 Å². The van der Waals surface area contributed by atoms with Crippen molar-refractivity contribution in [1.29, 1.82) is 0 Å². The minimum absolute atomic E-state index is 0.541. The molecule has 0 aliphatic carbocycles. The van der Waals surface area contributed by atoms with Gasteiger partial charge in [0.25, 0.3) is 0 Å². The lowest BCUT2D eigenvalue weighted by Crippen LogP contribution is -2.67. The van der Waals surface area contributed by atoms with Crippen LogP contribution in [0.25, 0.3) is 0 Å². The number of carbonyl (C=O) groups is 1. The fourth-order valence-corrected chi connectivity index (χ4v) is 4.30. The highest BCUT2D eigenvalue weighted by atomic mass is 16.7. The molecule has 1 amide bonds. The van der Waals surface area contributed by atoms with Gasteiger partial charge < -0.3 is 75.0 Å². The van der Waals surface area contributed by atoms with Crippen LogP contribution >= 0.6 is 0 Å². The zero-order valence-corrected chi connectivity index (χ0v) is 19.5. The van der Waals surface area contributed by atoms with Crippen LogP contribution in [0.5, 0.6) is 0 Å². The van der Waals surface area contributed by atoms with E-state index in [4.69, 9.17) is 23.7 Å². The first kappa shape index (κ1) is 29.5. The van der Waals surface area contributed by atoms with Crippen molar-refractivity contribution in [2.45, 2.75) is 106 Å². The maximum Gasteiger partial charge on any atom is 0.217 e. The molecule has 0 aromatic carbocycles. The fraction of sp³-hybridized carbons (Fsp3) is 0.950. The average molecular weight is 529 g/mol. The van der Waals surface area contributed by atoms with E-state index in [1.807, 2.05) is 0 Å². The van der Waals surface area contributed by atoms with E-state index in [9.17, 15) is 50.8 Å². The summed E-state index contributed by atoms with van der Waals surface area (Å²) in [4.78, 5) is 11.6. The van der Waals surface area contributed by atoms with E-state index in [1.165, 1.54) is 6.92 Å². The topological polar surface area (TPSA) is 257 Å². The summed E-state index contributed by atoms with van der Waals surface area (Å²) in [6.45, 7) is 1.28. The Morgan fingerprint density at radius 3 is 2.00 bits per heavy atom. The van der Waals surface area contributed by atoms with Gasteiger partial charge in [0.2, 0.25) is 5.91 Å². The first-order chi connectivity index (χ1) is 16.9. The summed E-state index contributed by atoms with van der Waals surface area (Å²) in [5.74, 6) is -0.622. The minimum atomic E-state index is -1.83. The predicted octanol–water partition coefficient (Wildman–Crippen LogP) is -6.40. The molecule has 0 saturated carbocycles. The first-order valence-corrected chi connectivity index (χ1v) is 11.4. The summed E-state index contributed by atoms with van der Waals surface area (Å²) < 4.78 is 27.2. The van der Waals surface area contributed by atoms with E-state index in [0.29, 0.717) is 0 Å². The molecule has 3 aliphatic heterocycles. The molecule has 0 spiro atoms. The Morgan fingerprint density at radius 2 is 1.39 bits per heavy atom. The smallest absolute Gasteiger partial charge is 0.217 e. The van der Waals surface area contributed by atoms with E-state index in [-0.39, 0.29) is 0 Å². The van der Waals surface area contributed by atoms with Crippen LogP contribution in [-0.2, 0) is 28.5 Å². The van der Waals surface area contributed by atoms with Crippen LogP contribution in [0.1, 0.15) is 13.8 Å². The first-order valence-electron chi connectivity index (χ1n) is 11.4. The van der Waals surface area contributed by atoms with Crippen LogP contribution in [-0.4, -0.2) is 157 Å². The second-order valence-corrected chi connectivity index (χ2v) is 9.09. The fourth-order valence-electron chi connectivity index (χ4n) is 4.30. The van der Waals surface area contributed by atoms with Crippen molar-refractivity contribution in [1.82, 2.24) is 5.32 Å². The number of aliphatic hydroxyl groups is 9. The minimum Gasteiger partial charge on any atom is -0.394 e. The van der Waals surface area contributed by atoms with Gasteiger partial charge in [-0.15, -0.1) is 0 Å². The van der Waals surface area contributed by atoms with Gasteiger partial charge in [0.05, 0.1) is 19.3 Å². The third kappa shape index (κ3) is 6.13. The van der Waals surface area contributed by atoms with Gasteiger partial charge in [0.15, 0.2) is 18.9 Å². The molecule has 15 atom stereocenters. The van der Waals surface area contributed by atoms with Crippen molar-refractivity contribution in [2.24, 2.45) is 0 Å². The Kier molecular flexibility index (Phi) is 9.97. The van der Waals surface area contributed by atoms with Crippen molar-refractivity contribution >= 4 is 5.91 Å². The van der Waals surface area contributed by atoms with E-state index in [1.54, 1.807) is 0 Å². The van der Waals surface area contributed by atoms with E-state index in [0.717, 1.165) is 6.92 Å².